The molecule has 0 spiro atoms. The van der Waals surface area contributed by atoms with Crippen molar-refractivity contribution < 1.29 is 9.59 Å². The minimum absolute atomic E-state index is 0.133. The van der Waals surface area contributed by atoms with Crippen LogP contribution in [-0.2, 0) is 9.59 Å². The van der Waals surface area contributed by atoms with E-state index in [9.17, 15) is 9.59 Å². The Bertz CT molecular complexity index is 674. The zero-order chi connectivity index (χ0) is 16.7. The molecule has 0 saturated carbocycles. The smallest absolute Gasteiger partial charge is 0.226 e. The summed E-state index contributed by atoms with van der Waals surface area (Å²) in [6, 6.07) is 16.8. The molecule has 0 bridgehead atoms. The van der Waals surface area contributed by atoms with Gasteiger partial charge >= 0.3 is 0 Å². The summed E-state index contributed by atoms with van der Waals surface area (Å²) in [4.78, 5) is 24.8. The number of thioether (sulfide) groups is 1. The van der Waals surface area contributed by atoms with Gasteiger partial charge in [-0.05, 0) is 30.0 Å². The number of carbonyl (C=O) groups excluding carboxylic acids is 2. The van der Waals surface area contributed by atoms with Crippen LogP contribution in [0.4, 0.5) is 5.69 Å². The second kappa shape index (κ2) is 8.39. The molecule has 4 nitrogen and oxygen atoms in total. The zero-order valence-electron chi connectivity index (χ0n) is 13.2. The molecule has 1 atom stereocenters. The van der Waals surface area contributed by atoms with Crippen molar-refractivity contribution in [3.63, 3.8) is 0 Å². The summed E-state index contributed by atoms with van der Waals surface area (Å²) < 4.78 is 0. The number of amides is 2. The average Bonchev–Trinajstić information content (AvgIpc) is 2.54. The molecule has 2 aromatic rings. The molecule has 1 unspecified atom stereocenters. The van der Waals surface area contributed by atoms with Gasteiger partial charge in [0.15, 0.2) is 0 Å². The van der Waals surface area contributed by atoms with Gasteiger partial charge in [0.25, 0.3) is 0 Å². The standard InChI is InChI=1S/C18H20N2O2S/c1-13(21)19-17(14-7-4-3-5-8-14)12-18(22)20-15-9-6-10-16(11-15)23-2/h3-11,17H,12H2,1-2H3,(H,19,21)(H,20,22). The molecule has 2 aromatic carbocycles. The second-order valence-corrected chi connectivity index (χ2v) is 6.03. The van der Waals surface area contributed by atoms with Crippen LogP contribution in [0.15, 0.2) is 59.5 Å². The fourth-order valence-electron chi connectivity index (χ4n) is 2.28. The molecule has 120 valence electrons. The molecule has 5 heteroatoms. The van der Waals surface area contributed by atoms with E-state index in [1.54, 1.807) is 11.8 Å². The van der Waals surface area contributed by atoms with E-state index in [1.165, 1.54) is 6.92 Å². The van der Waals surface area contributed by atoms with Crippen molar-refractivity contribution in [2.45, 2.75) is 24.3 Å². The molecular weight excluding hydrogens is 308 g/mol. The summed E-state index contributed by atoms with van der Waals surface area (Å²) in [5.41, 5.74) is 1.67. The van der Waals surface area contributed by atoms with Crippen molar-refractivity contribution in [2.75, 3.05) is 11.6 Å². The maximum absolute atomic E-state index is 12.3. The number of nitrogens with one attached hydrogen (secondary N) is 2. The number of benzene rings is 2. The maximum atomic E-state index is 12.3. The van der Waals surface area contributed by atoms with Gasteiger partial charge in [-0.1, -0.05) is 36.4 Å². The molecule has 23 heavy (non-hydrogen) atoms. The van der Waals surface area contributed by atoms with E-state index in [-0.39, 0.29) is 24.3 Å². The largest absolute Gasteiger partial charge is 0.349 e. The quantitative estimate of drug-likeness (QED) is 0.796. The molecule has 0 aliphatic heterocycles. The topological polar surface area (TPSA) is 58.2 Å². The van der Waals surface area contributed by atoms with Crippen LogP contribution in [-0.4, -0.2) is 18.1 Å². The average molecular weight is 328 g/mol. The first-order valence-corrected chi connectivity index (χ1v) is 8.57. The van der Waals surface area contributed by atoms with Gasteiger partial charge in [-0.15, -0.1) is 11.8 Å². The van der Waals surface area contributed by atoms with E-state index in [0.717, 1.165) is 16.1 Å². The van der Waals surface area contributed by atoms with E-state index in [4.69, 9.17) is 0 Å². The molecule has 0 aliphatic rings. The molecule has 0 fully saturated rings. The highest BCUT2D eigenvalue weighted by atomic mass is 32.2. The SMILES string of the molecule is CSc1cccc(NC(=O)CC(NC(C)=O)c2ccccc2)c1. The van der Waals surface area contributed by atoms with Crippen molar-refractivity contribution in [3.8, 4) is 0 Å². The molecule has 0 saturated heterocycles. The van der Waals surface area contributed by atoms with Crippen molar-refractivity contribution >= 4 is 29.3 Å². The highest BCUT2D eigenvalue weighted by molar-refractivity contribution is 7.98. The molecule has 0 aromatic heterocycles. The van der Waals surface area contributed by atoms with E-state index in [2.05, 4.69) is 10.6 Å². The Morgan fingerprint density at radius 1 is 1.09 bits per heavy atom. The highest BCUT2D eigenvalue weighted by Crippen LogP contribution is 2.21. The van der Waals surface area contributed by atoms with Gasteiger partial charge < -0.3 is 10.6 Å². The van der Waals surface area contributed by atoms with Crippen LogP contribution in [0.5, 0.6) is 0 Å². The van der Waals surface area contributed by atoms with Gasteiger partial charge in [0.05, 0.1) is 12.5 Å². The Labute approximate surface area is 140 Å². The summed E-state index contributed by atoms with van der Waals surface area (Å²) >= 11 is 1.62. The Morgan fingerprint density at radius 2 is 1.83 bits per heavy atom. The number of hydrogen-bond donors (Lipinski definition) is 2. The summed E-state index contributed by atoms with van der Waals surface area (Å²) in [5.74, 6) is -0.290. The van der Waals surface area contributed by atoms with Crippen LogP contribution in [0.2, 0.25) is 0 Å². The minimum Gasteiger partial charge on any atom is -0.349 e. The number of hydrogen-bond acceptors (Lipinski definition) is 3. The van der Waals surface area contributed by atoms with Gasteiger partial charge in [0.2, 0.25) is 11.8 Å². The molecule has 0 aliphatic carbocycles. The first-order chi connectivity index (χ1) is 11.1. The predicted molar refractivity (Wildman–Crippen MR) is 94.5 cm³/mol. The number of rotatable bonds is 6. The van der Waals surface area contributed by atoms with Gasteiger partial charge in [0, 0.05) is 17.5 Å². The zero-order valence-corrected chi connectivity index (χ0v) is 14.0. The highest BCUT2D eigenvalue weighted by Gasteiger charge is 2.17. The van der Waals surface area contributed by atoms with E-state index < -0.39 is 0 Å². The predicted octanol–water partition coefficient (Wildman–Crippen LogP) is 3.61. The van der Waals surface area contributed by atoms with Gasteiger partial charge in [-0.25, -0.2) is 0 Å². The van der Waals surface area contributed by atoms with Crippen molar-refractivity contribution in [2.24, 2.45) is 0 Å². The van der Waals surface area contributed by atoms with Crippen molar-refractivity contribution in [1.82, 2.24) is 5.32 Å². The Morgan fingerprint density at radius 3 is 2.48 bits per heavy atom. The lowest BCUT2D eigenvalue weighted by atomic mass is 10.0. The van der Waals surface area contributed by atoms with Gasteiger partial charge in [-0.3, -0.25) is 9.59 Å². The first-order valence-electron chi connectivity index (χ1n) is 7.34. The fraction of sp³-hybridized carbons (Fsp3) is 0.222. The Kier molecular flexibility index (Phi) is 6.23. The number of carbonyl (C=O) groups is 2. The van der Waals surface area contributed by atoms with Crippen molar-refractivity contribution in [1.29, 1.82) is 0 Å². The van der Waals surface area contributed by atoms with E-state index in [0.29, 0.717) is 0 Å². The molecule has 2 amide bonds. The Balaban J connectivity index is 2.06. The maximum Gasteiger partial charge on any atom is 0.226 e. The number of anilines is 1. The lowest BCUT2D eigenvalue weighted by Gasteiger charge is -2.18. The van der Waals surface area contributed by atoms with Gasteiger partial charge in [0.1, 0.15) is 0 Å². The molecule has 0 radical (unpaired) electrons. The van der Waals surface area contributed by atoms with Crippen LogP contribution in [0.25, 0.3) is 0 Å². The third-order valence-electron chi connectivity index (χ3n) is 3.32. The van der Waals surface area contributed by atoms with Crippen LogP contribution in [0, 0.1) is 0 Å². The molecule has 2 rings (SSSR count). The monoisotopic (exact) mass is 328 g/mol. The fourth-order valence-corrected chi connectivity index (χ4v) is 2.74. The van der Waals surface area contributed by atoms with Crippen LogP contribution in [0.1, 0.15) is 24.9 Å². The molecular formula is C18H20N2O2S. The van der Waals surface area contributed by atoms with Gasteiger partial charge in [-0.2, -0.15) is 0 Å². The third-order valence-corrected chi connectivity index (χ3v) is 4.05. The third kappa shape index (κ3) is 5.45. The molecule has 0 heterocycles. The minimum atomic E-state index is -0.336. The summed E-state index contributed by atoms with van der Waals surface area (Å²) in [5, 5.41) is 5.72. The van der Waals surface area contributed by atoms with Crippen LogP contribution >= 0.6 is 11.8 Å². The molecule has 2 N–H and O–H groups in total. The summed E-state index contributed by atoms with van der Waals surface area (Å²) in [6.45, 7) is 1.45. The lowest BCUT2D eigenvalue weighted by Crippen LogP contribution is -2.29. The second-order valence-electron chi connectivity index (χ2n) is 5.15. The summed E-state index contributed by atoms with van der Waals surface area (Å²) in [6.07, 6.45) is 2.18. The van der Waals surface area contributed by atoms with Crippen molar-refractivity contribution in [3.05, 3.63) is 60.2 Å². The summed E-state index contributed by atoms with van der Waals surface area (Å²) in [7, 11) is 0. The first kappa shape index (κ1) is 17.1. The Hall–Kier alpha value is -2.27. The lowest BCUT2D eigenvalue weighted by molar-refractivity contribution is -0.120. The normalized spacial score (nSPS) is 11.6. The van der Waals surface area contributed by atoms with Crippen LogP contribution in [0.3, 0.4) is 0 Å². The van der Waals surface area contributed by atoms with Crippen LogP contribution < -0.4 is 10.6 Å². The van der Waals surface area contributed by atoms with E-state index in [1.807, 2.05) is 60.9 Å². The van der Waals surface area contributed by atoms with E-state index >= 15 is 0 Å².